The van der Waals surface area contributed by atoms with Gasteiger partial charge < -0.3 is 38.3 Å². The maximum absolute atomic E-state index is 8.92. The first-order valence-electron chi connectivity index (χ1n) is 19.6. The number of methoxy groups -OCH3 is 1. The number of aryl methyl sites for hydroxylation is 2. The summed E-state index contributed by atoms with van der Waals surface area (Å²) in [6.45, 7) is 23.6. The molecule has 2 atom stereocenters. The minimum Gasteiger partial charge on any atom is -0.394 e. The average Bonchev–Trinajstić information content (AvgIpc) is 3.55. The van der Waals surface area contributed by atoms with Crippen molar-refractivity contribution in [2.75, 3.05) is 106 Å². The first-order valence-corrected chi connectivity index (χ1v) is 19.6. The van der Waals surface area contributed by atoms with Gasteiger partial charge in [-0.25, -0.2) is 0 Å². The number of hydrogen-bond donors (Lipinski definition) is 1. The molecule has 0 aliphatic heterocycles. The van der Waals surface area contributed by atoms with Gasteiger partial charge in [0, 0.05) is 12.5 Å². The number of rotatable bonds is 24. The highest BCUT2D eigenvalue weighted by Crippen LogP contribution is 2.60. The minimum atomic E-state index is -0.736. The molecule has 0 saturated carbocycles. The Bertz CT molecular complexity index is 1640. The lowest BCUT2D eigenvalue weighted by Crippen LogP contribution is -2.66. The van der Waals surface area contributed by atoms with Crippen molar-refractivity contribution < 1.29 is 42.7 Å². The van der Waals surface area contributed by atoms with Crippen LogP contribution in [0.5, 0.6) is 0 Å². The highest BCUT2D eigenvalue weighted by Gasteiger charge is 2.61. The Hall–Kier alpha value is -2.70. The van der Waals surface area contributed by atoms with Crippen LogP contribution in [0.4, 0.5) is 0 Å². The first kappa shape index (κ1) is 41.5. The van der Waals surface area contributed by atoms with Gasteiger partial charge in [0.2, 0.25) is 0 Å². The lowest BCUT2D eigenvalue weighted by molar-refractivity contribution is -1.02. The van der Waals surface area contributed by atoms with Crippen LogP contribution in [-0.2, 0) is 44.3 Å². The molecule has 9 heteroatoms. The molecule has 292 valence electrons. The van der Waals surface area contributed by atoms with E-state index in [-0.39, 0.29) is 18.1 Å². The van der Waals surface area contributed by atoms with E-state index >= 15 is 0 Å². The van der Waals surface area contributed by atoms with Crippen molar-refractivity contribution in [3.63, 3.8) is 0 Å². The van der Waals surface area contributed by atoms with E-state index in [9.17, 15) is 0 Å². The number of quaternary nitrogens is 1. The van der Waals surface area contributed by atoms with Gasteiger partial charge in [-0.2, -0.15) is 0 Å². The SMILES string of the molecule is CC[N+](CC)(C(C)C)C1(OCCOCCOCCOC)c2cc(C)ccc2-c2cc3c(cc21)-c1ccc(C)cc1C3(C)COCCOCCOCCO. The predicted octanol–water partition coefficient (Wildman–Crippen LogP) is 6.77. The van der Waals surface area contributed by atoms with Crippen LogP contribution in [0.15, 0.2) is 48.5 Å². The zero-order chi connectivity index (χ0) is 38.1. The molecule has 2 unspecified atom stereocenters. The summed E-state index contributed by atoms with van der Waals surface area (Å²) in [6.07, 6.45) is 0. The van der Waals surface area contributed by atoms with Gasteiger partial charge in [-0.15, -0.1) is 0 Å². The molecule has 0 aromatic heterocycles. The number of fused-ring (bicyclic) bond motifs is 6. The van der Waals surface area contributed by atoms with Gasteiger partial charge in [0.05, 0.1) is 116 Å². The molecule has 1 N–H and O–H groups in total. The fourth-order valence-corrected chi connectivity index (χ4v) is 8.77. The molecule has 3 aromatic carbocycles. The van der Waals surface area contributed by atoms with E-state index in [2.05, 4.69) is 97.0 Å². The molecular formula is C44H64NO8+. The minimum absolute atomic E-state index is 0.0168. The average molecular weight is 735 g/mol. The van der Waals surface area contributed by atoms with Crippen molar-refractivity contribution in [1.82, 2.24) is 0 Å². The molecule has 53 heavy (non-hydrogen) atoms. The molecule has 2 aliphatic carbocycles. The lowest BCUT2D eigenvalue weighted by atomic mass is 9.79. The Kier molecular flexibility index (Phi) is 14.7. The van der Waals surface area contributed by atoms with Crippen molar-refractivity contribution in [2.24, 2.45) is 0 Å². The molecule has 0 bridgehead atoms. The van der Waals surface area contributed by atoms with Crippen LogP contribution in [0.3, 0.4) is 0 Å². The van der Waals surface area contributed by atoms with Gasteiger partial charge in [-0.05, 0) is 100 Å². The third-order valence-electron chi connectivity index (χ3n) is 11.5. The predicted molar refractivity (Wildman–Crippen MR) is 210 cm³/mol. The summed E-state index contributed by atoms with van der Waals surface area (Å²) in [4.78, 5) is 0. The molecular weight excluding hydrogens is 670 g/mol. The maximum atomic E-state index is 8.92. The zero-order valence-electron chi connectivity index (χ0n) is 33.6. The molecule has 0 amide bonds. The largest absolute Gasteiger partial charge is 0.394 e. The normalized spacial score (nSPS) is 18.8. The summed E-state index contributed by atoms with van der Waals surface area (Å²) in [5.74, 6) is 0. The third kappa shape index (κ3) is 8.15. The molecule has 9 nitrogen and oxygen atoms in total. The van der Waals surface area contributed by atoms with Gasteiger partial charge in [0.1, 0.15) is 0 Å². The van der Waals surface area contributed by atoms with E-state index in [0.29, 0.717) is 79.3 Å². The number of aliphatic hydroxyl groups is 1. The summed E-state index contributed by atoms with van der Waals surface area (Å²) in [5, 5.41) is 8.92. The van der Waals surface area contributed by atoms with Gasteiger partial charge in [0.25, 0.3) is 5.72 Å². The summed E-state index contributed by atoms with van der Waals surface area (Å²) >= 11 is 0. The molecule has 5 rings (SSSR count). The summed E-state index contributed by atoms with van der Waals surface area (Å²) in [5.41, 5.74) is 11.4. The highest BCUT2D eigenvalue weighted by atomic mass is 16.6. The molecule has 0 radical (unpaired) electrons. The van der Waals surface area contributed by atoms with Crippen LogP contribution in [0.25, 0.3) is 22.3 Å². The smallest absolute Gasteiger partial charge is 0.258 e. The van der Waals surface area contributed by atoms with E-state index in [1.54, 1.807) is 7.11 Å². The van der Waals surface area contributed by atoms with E-state index in [1.165, 1.54) is 55.6 Å². The van der Waals surface area contributed by atoms with Crippen LogP contribution < -0.4 is 0 Å². The summed E-state index contributed by atoms with van der Waals surface area (Å²) in [7, 11) is 1.68. The highest BCUT2D eigenvalue weighted by molar-refractivity contribution is 5.89. The number of benzene rings is 3. The lowest BCUT2D eigenvalue weighted by Gasteiger charge is -2.53. The second-order valence-corrected chi connectivity index (χ2v) is 14.8. The van der Waals surface area contributed by atoms with E-state index < -0.39 is 5.72 Å². The van der Waals surface area contributed by atoms with Crippen LogP contribution in [0.1, 0.15) is 68.0 Å². The van der Waals surface area contributed by atoms with E-state index in [0.717, 1.165) is 17.6 Å². The van der Waals surface area contributed by atoms with Crippen LogP contribution in [0.2, 0.25) is 0 Å². The van der Waals surface area contributed by atoms with Crippen molar-refractivity contribution in [3.05, 3.63) is 81.9 Å². The molecule has 0 spiro atoms. The van der Waals surface area contributed by atoms with Crippen LogP contribution in [-0.4, -0.2) is 122 Å². The second-order valence-electron chi connectivity index (χ2n) is 14.8. The monoisotopic (exact) mass is 734 g/mol. The quantitative estimate of drug-likeness (QED) is 0.0614. The number of hydrogen-bond acceptors (Lipinski definition) is 8. The Morgan fingerprint density at radius 2 is 1.04 bits per heavy atom. The molecule has 0 heterocycles. The van der Waals surface area contributed by atoms with Crippen molar-refractivity contribution >= 4 is 0 Å². The molecule has 0 saturated heterocycles. The fourth-order valence-electron chi connectivity index (χ4n) is 8.77. The fraction of sp³-hybridized carbons (Fsp3) is 0.591. The van der Waals surface area contributed by atoms with Gasteiger partial charge >= 0.3 is 0 Å². The van der Waals surface area contributed by atoms with Crippen LogP contribution >= 0.6 is 0 Å². The number of aliphatic hydroxyl groups excluding tert-OH is 1. The molecule has 2 aliphatic rings. The Morgan fingerprint density at radius 3 is 1.60 bits per heavy atom. The van der Waals surface area contributed by atoms with E-state index in [1.807, 2.05) is 0 Å². The van der Waals surface area contributed by atoms with Crippen molar-refractivity contribution in [3.8, 4) is 22.3 Å². The number of ether oxygens (including phenoxy) is 7. The standard InChI is InChI=1S/C44H64NO8/c1-9-45(10-2,32(3)4)44(53-26-25-51-22-21-49-18-17-47-8)41-28-34(6)12-14-36(41)38-29-40-37(30-42(38)44)35-13-11-33(5)27-39(35)43(40,7)31-52-24-23-50-20-19-48-16-15-46/h11-14,27-30,32,46H,9-10,15-26,31H2,1-8H3/q+1. The van der Waals surface area contributed by atoms with Gasteiger partial charge in [-0.3, -0.25) is 4.48 Å². The Balaban J connectivity index is 1.54. The summed E-state index contributed by atoms with van der Waals surface area (Å²) < 4.78 is 42.5. The second kappa shape index (κ2) is 18.8. The molecule has 3 aromatic rings. The summed E-state index contributed by atoms with van der Waals surface area (Å²) in [6, 6.07) is 18.9. The Labute approximate surface area is 318 Å². The van der Waals surface area contributed by atoms with Crippen molar-refractivity contribution in [2.45, 2.75) is 65.6 Å². The van der Waals surface area contributed by atoms with Gasteiger partial charge in [-0.1, -0.05) is 41.5 Å². The maximum Gasteiger partial charge on any atom is 0.258 e. The van der Waals surface area contributed by atoms with Crippen LogP contribution in [0, 0.1) is 13.8 Å². The van der Waals surface area contributed by atoms with Gasteiger partial charge in [0.15, 0.2) is 0 Å². The zero-order valence-corrected chi connectivity index (χ0v) is 33.6. The first-order chi connectivity index (χ1) is 25.6. The number of nitrogens with zero attached hydrogens (tertiary/aromatic N) is 1. The third-order valence-corrected chi connectivity index (χ3v) is 11.5. The Morgan fingerprint density at radius 1 is 0.585 bits per heavy atom. The topological polar surface area (TPSA) is 84.8 Å². The molecule has 0 fully saturated rings. The van der Waals surface area contributed by atoms with Crippen molar-refractivity contribution in [1.29, 1.82) is 0 Å². The van der Waals surface area contributed by atoms with E-state index in [4.69, 9.17) is 38.3 Å².